The quantitative estimate of drug-likeness (QED) is 0.861. The third kappa shape index (κ3) is 2.47. The second-order valence-corrected chi connectivity index (χ2v) is 4.38. The lowest BCUT2D eigenvalue weighted by Crippen LogP contribution is -2.12. The number of rotatable bonds is 5. The maximum Gasteiger partial charge on any atom is 0.157 e. The highest BCUT2D eigenvalue weighted by Crippen LogP contribution is 2.18. The molecule has 0 amide bonds. The van der Waals surface area contributed by atoms with Gasteiger partial charge in [0.25, 0.3) is 0 Å². The van der Waals surface area contributed by atoms with E-state index in [1.807, 2.05) is 17.1 Å². The first kappa shape index (κ1) is 12.0. The number of pyridine rings is 1. The highest BCUT2D eigenvalue weighted by molar-refractivity contribution is 5.75. The topological polar surface area (TPSA) is 42.7 Å². The molecule has 4 heteroatoms. The molecule has 0 aliphatic heterocycles. The summed E-state index contributed by atoms with van der Waals surface area (Å²) < 4.78 is 2.01. The van der Waals surface area contributed by atoms with E-state index < -0.39 is 0 Å². The molecule has 0 aliphatic carbocycles. The Morgan fingerprint density at radius 2 is 2.18 bits per heavy atom. The molecule has 92 valence electrons. The fraction of sp³-hybridized carbons (Fsp3) is 0.538. The van der Waals surface area contributed by atoms with E-state index in [-0.39, 0.29) is 0 Å². The smallest absolute Gasteiger partial charge is 0.157 e. The van der Waals surface area contributed by atoms with Crippen molar-refractivity contribution in [2.24, 2.45) is 0 Å². The van der Waals surface area contributed by atoms with Gasteiger partial charge in [-0.3, -0.25) is 0 Å². The molecule has 4 nitrogen and oxygen atoms in total. The molecule has 0 aromatic carbocycles. The highest BCUT2D eigenvalue weighted by atomic mass is 15.3. The first-order valence-corrected chi connectivity index (χ1v) is 6.29. The van der Waals surface area contributed by atoms with Crippen molar-refractivity contribution in [3.63, 3.8) is 0 Å². The molecule has 2 heterocycles. The van der Waals surface area contributed by atoms with Gasteiger partial charge in [-0.05, 0) is 31.5 Å². The predicted octanol–water partition coefficient (Wildman–Crippen LogP) is 2.51. The number of hydrogen-bond donors (Lipinski definition) is 1. The molecule has 2 aromatic rings. The molecule has 1 N–H and O–H groups in total. The molecular formula is C13H20N4. The molecule has 1 unspecified atom stereocenters. The third-order valence-corrected chi connectivity index (χ3v) is 3.08. The summed E-state index contributed by atoms with van der Waals surface area (Å²) in [6, 6.07) is 2.57. The number of aromatic nitrogens is 3. The summed E-state index contributed by atoms with van der Waals surface area (Å²) in [6.45, 7) is 8.28. The normalized spacial score (nSPS) is 13.1. The van der Waals surface area contributed by atoms with Crippen molar-refractivity contribution >= 4 is 11.0 Å². The van der Waals surface area contributed by atoms with E-state index >= 15 is 0 Å². The van der Waals surface area contributed by atoms with Crippen LogP contribution in [0.1, 0.15) is 38.8 Å². The second kappa shape index (κ2) is 5.27. The van der Waals surface area contributed by atoms with Crippen LogP contribution in [0.5, 0.6) is 0 Å². The molecular weight excluding hydrogens is 212 g/mol. The fourth-order valence-electron chi connectivity index (χ4n) is 1.85. The average molecular weight is 232 g/mol. The monoisotopic (exact) mass is 232 g/mol. The minimum Gasteiger partial charge on any atom is -0.313 e. The lowest BCUT2D eigenvalue weighted by molar-refractivity contribution is 0.489. The lowest BCUT2D eigenvalue weighted by Gasteiger charge is -2.10. The Morgan fingerprint density at radius 1 is 1.35 bits per heavy atom. The van der Waals surface area contributed by atoms with Crippen molar-refractivity contribution in [2.45, 2.75) is 39.8 Å². The van der Waals surface area contributed by atoms with E-state index in [0.29, 0.717) is 6.04 Å². The van der Waals surface area contributed by atoms with E-state index in [1.165, 1.54) is 5.56 Å². The fourth-order valence-corrected chi connectivity index (χ4v) is 1.85. The zero-order chi connectivity index (χ0) is 12.3. The Morgan fingerprint density at radius 3 is 2.88 bits per heavy atom. The summed E-state index contributed by atoms with van der Waals surface area (Å²) in [4.78, 5) is 4.52. The van der Waals surface area contributed by atoms with Crippen molar-refractivity contribution in [2.75, 3.05) is 6.54 Å². The van der Waals surface area contributed by atoms with Gasteiger partial charge >= 0.3 is 0 Å². The van der Waals surface area contributed by atoms with Gasteiger partial charge in [0, 0.05) is 18.1 Å². The van der Waals surface area contributed by atoms with Gasteiger partial charge in [-0.2, -0.15) is 5.10 Å². The molecule has 0 saturated carbocycles. The average Bonchev–Trinajstić information content (AvgIpc) is 2.78. The van der Waals surface area contributed by atoms with E-state index in [4.69, 9.17) is 0 Å². The van der Waals surface area contributed by atoms with Crippen LogP contribution in [-0.2, 0) is 6.54 Å². The summed E-state index contributed by atoms with van der Waals surface area (Å²) >= 11 is 0. The van der Waals surface area contributed by atoms with E-state index in [0.717, 1.165) is 30.5 Å². The van der Waals surface area contributed by atoms with Crippen LogP contribution in [0.2, 0.25) is 0 Å². The Balaban J connectivity index is 2.31. The second-order valence-electron chi connectivity index (χ2n) is 4.38. The standard InChI is InChI=1S/C13H20N4/c1-4-10(3)17-13-12(9-16-17)6-11(8-15-13)7-14-5-2/h6,8-10,14H,4-5,7H2,1-3H3. The van der Waals surface area contributed by atoms with Crippen LogP contribution in [0, 0.1) is 0 Å². The molecule has 17 heavy (non-hydrogen) atoms. The zero-order valence-corrected chi connectivity index (χ0v) is 10.8. The van der Waals surface area contributed by atoms with Gasteiger partial charge in [-0.25, -0.2) is 9.67 Å². The van der Waals surface area contributed by atoms with Crippen LogP contribution in [0.15, 0.2) is 18.5 Å². The SMILES string of the molecule is CCNCc1cnc2c(cnn2C(C)CC)c1. The number of nitrogens with one attached hydrogen (secondary N) is 1. The minimum atomic E-state index is 0.402. The number of hydrogen-bond acceptors (Lipinski definition) is 3. The van der Waals surface area contributed by atoms with Crippen molar-refractivity contribution in [1.82, 2.24) is 20.1 Å². The van der Waals surface area contributed by atoms with Crippen molar-refractivity contribution < 1.29 is 0 Å². The number of nitrogens with zero attached hydrogens (tertiary/aromatic N) is 3. The predicted molar refractivity (Wildman–Crippen MR) is 69.9 cm³/mol. The molecule has 0 aliphatic rings. The summed E-state index contributed by atoms with van der Waals surface area (Å²) in [5.74, 6) is 0. The Bertz CT molecular complexity index is 489. The van der Waals surface area contributed by atoms with Crippen LogP contribution in [0.25, 0.3) is 11.0 Å². The van der Waals surface area contributed by atoms with Crippen LogP contribution >= 0.6 is 0 Å². The molecule has 0 spiro atoms. The maximum atomic E-state index is 4.52. The van der Waals surface area contributed by atoms with Crippen LogP contribution in [0.4, 0.5) is 0 Å². The van der Waals surface area contributed by atoms with Gasteiger partial charge in [0.15, 0.2) is 5.65 Å². The van der Waals surface area contributed by atoms with E-state index in [1.54, 1.807) is 0 Å². The first-order chi connectivity index (χ1) is 8.26. The van der Waals surface area contributed by atoms with Gasteiger partial charge in [0.05, 0.1) is 12.2 Å². The Kier molecular flexibility index (Phi) is 3.74. The first-order valence-electron chi connectivity index (χ1n) is 6.29. The lowest BCUT2D eigenvalue weighted by atomic mass is 10.2. The molecule has 0 saturated heterocycles. The third-order valence-electron chi connectivity index (χ3n) is 3.08. The maximum absolute atomic E-state index is 4.52. The molecule has 0 radical (unpaired) electrons. The molecule has 0 fully saturated rings. The Hall–Kier alpha value is -1.42. The van der Waals surface area contributed by atoms with Gasteiger partial charge in [-0.15, -0.1) is 0 Å². The summed E-state index contributed by atoms with van der Waals surface area (Å²) in [7, 11) is 0. The summed E-state index contributed by atoms with van der Waals surface area (Å²) in [5.41, 5.74) is 2.20. The van der Waals surface area contributed by atoms with Crippen LogP contribution in [-0.4, -0.2) is 21.3 Å². The number of fused-ring (bicyclic) bond motifs is 1. The largest absolute Gasteiger partial charge is 0.313 e. The van der Waals surface area contributed by atoms with Crippen molar-refractivity contribution in [3.05, 3.63) is 24.0 Å². The minimum absolute atomic E-state index is 0.402. The highest BCUT2D eigenvalue weighted by Gasteiger charge is 2.09. The van der Waals surface area contributed by atoms with Crippen molar-refractivity contribution in [3.8, 4) is 0 Å². The molecule has 1 atom stereocenters. The van der Waals surface area contributed by atoms with Crippen LogP contribution < -0.4 is 5.32 Å². The van der Waals surface area contributed by atoms with Gasteiger partial charge < -0.3 is 5.32 Å². The zero-order valence-electron chi connectivity index (χ0n) is 10.8. The van der Waals surface area contributed by atoms with Gasteiger partial charge in [0.2, 0.25) is 0 Å². The van der Waals surface area contributed by atoms with E-state index in [2.05, 4.69) is 42.2 Å². The summed E-state index contributed by atoms with van der Waals surface area (Å²) in [5, 5.41) is 8.85. The van der Waals surface area contributed by atoms with Crippen LogP contribution in [0.3, 0.4) is 0 Å². The molecule has 2 rings (SSSR count). The summed E-state index contributed by atoms with van der Waals surface area (Å²) in [6.07, 6.45) is 4.91. The van der Waals surface area contributed by atoms with E-state index in [9.17, 15) is 0 Å². The van der Waals surface area contributed by atoms with Gasteiger partial charge in [0.1, 0.15) is 0 Å². The Labute approximate surface area is 102 Å². The van der Waals surface area contributed by atoms with Gasteiger partial charge in [-0.1, -0.05) is 13.8 Å². The molecule has 2 aromatic heterocycles. The van der Waals surface area contributed by atoms with Crippen molar-refractivity contribution in [1.29, 1.82) is 0 Å². The molecule has 0 bridgehead atoms.